The Bertz CT molecular complexity index is 506. The number of hydrogen-bond donors (Lipinski definition) is 2. The summed E-state index contributed by atoms with van der Waals surface area (Å²) in [6.07, 6.45) is 1.70. The number of aliphatic hydroxyl groups is 1. The average molecular weight is 241 g/mol. The fraction of sp³-hybridized carbons (Fsp3) is 0.133. The first-order valence-corrected chi connectivity index (χ1v) is 5.77. The zero-order valence-corrected chi connectivity index (χ0v) is 9.90. The van der Waals surface area contributed by atoms with Crippen LogP contribution in [-0.2, 0) is 0 Å². The molecule has 18 heavy (non-hydrogen) atoms. The Labute approximate surface area is 106 Å². The lowest BCUT2D eigenvalue weighted by Crippen LogP contribution is -2.01. The average Bonchev–Trinajstić information content (AvgIpc) is 2.43. The van der Waals surface area contributed by atoms with E-state index in [1.807, 2.05) is 30.3 Å². The standard InChI is InChI=1S/C15H15NO2/c17-11-15(13-4-2-1-3-5-13)16-10-12-6-8-14(18)9-7-12/h1-10,15,17-18H,11H2. The Balaban J connectivity index is 2.13. The summed E-state index contributed by atoms with van der Waals surface area (Å²) in [5.41, 5.74) is 1.87. The van der Waals surface area contributed by atoms with Crippen LogP contribution in [0.25, 0.3) is 0 Å². The predicted octanol–water partition coefficient (Wildman–Crippen LogP) is 2.54. The van der Waals surface area contributed by atoms with E-state index in [2.05, 4.69) is 4.99 Å². The van der Waals surface area contributed by atoms with Gasteiger partial charge in [0, 0.05) is 6.21 Å². The van der Waals surface area contributed by atoms with E-state index in [9.17, 15) is 10.2 Å². The molecular weight excluding hydrogens is 226 g/mol. The molecule has 0 aliphatic rings. The molecule has 0 bridgehead atoms. The lowest BCUT2D eigenvalue weighted by molar-refractivity contribution is 0.269. The fourth-order valence-electron chi connectivity index (χ4n) is 1.65. The predicted molar refractivity (Wildman–Crippen MR) is 72.0 cm³/mol. The summed E-state index contributed by atoms with van der Waals surface area (Å²) in [4.78, 5) is 4.36. The van der Waals surface area contributed by atoms with Gasteiger partial charge in [-0.1, -0.05) is 30.3 Å². The Morgan fingerprint density at radius 1 is 1.00 bits per heavy atom. The number of benzene rings is 2. The van der Waals surface area contributed by atoms with Gasteiger partial charge in [0.25, 0.3) is 0 Å². The van der Waals surface area contributed by atoms with Crippen molar-refractivity contribution in [2.45, 2.75) is 6.04 Å². The van der Waals surface area contributed by atoms with Gasteiger partial charge in [0.05, 0.1) is 12.6 Å². The van der Waals surface area contributed by atoms with Crippen LogP contribution in [0.3, 0.4) is 0 Å². The molecule has 3 nitrogen and oxygen atoms in total. The molecule has 0 aliphatic heterocycles. The zero-order valence-electron chi connectivity index (χ0n) is 9.90. The van der Waals surface area contributed by atoms with Crippen molar-refractivity contribution in [3.63, 3.8) is 0 Å². The molecule has 0 spiro atoms. The van der Waals surface area contributed by atoms with Crippen LogP contribution in [0.4, 0.5) is 0 Å². The third kappa shape index (κ3) is 3.18. The maximum atomic E-state index is 9.35. The molecule has 2 aromatic rings. The second-order valence-electron chi connectivity index (χ2n) is 3.98. The van der Waals surface area contributed by atoms with Crippen LogP contribution >= 0.6 is 0 Å². The molecule has 3 heteroatoms. The van der Waals surface area contributed by atoms with Crippen LogP contribution in [0.5, 0.6) is 5.75 Å². The maximum absolute atomic E-state index is 9.35. The van der Waals surface area contributed by atoms with Crippen LogP contribution in [0, 0.1) is 0 Å². The first-order valence-electron chi connectivity index (χ1n) is 5.77. The second kappa shape index (κ2) is 5.98. The summed E-state index contributed by atoms with van der Waals surface area (Å²) >= 11 is 0. The van der Waals surface area contributed by atoms with E-state index in [1.54, 1.807) is 30.5 Å². The molecule has 0 saturated heterocycles. The van der Waals surface area contributed by atoms with Crippen molar-refractivity contribution in [3.05, 3.63) is 65.7 Å². The highest BCUT2D eigenvalue weighted by Crippen LogP contribution is 2.16. The lowest BCUT2D eigenvalue weighted by Gasteiger charge is -2.08. The molecule has 1 atom stereocenters. The molecule has 92 valence electrons. The molecule has 1 unspecified atom stereocenters. The van der Waals surface area contributed by atoms with Crippen LogP contribution in [-0.4, -0.2) is 23.0 Å². The van der Waals surface area contributed by atoms with Crippen molar-refractivity contribution in [2.75, 3.05) is 6.61 Å². The second-order valence-corrected chi connectivity index (χ2v) is 3.98. The van der Waals surface area contributed by atoms with Gasteiger partial charge >= 0.3 is 0 Å². The number of hydrogen-bond acceptors (Lipinski definition) is 3. The van der Waals surface area contributed by atoms with Gasteiger partial charge in [0.1, 0.15) is 5.75 Å². The van der Waals surface area contributed by atoms with E-state index in [-0.39, 0.29) is 18.4 Å². The summed E-state index contributed by atoms with van der Waals surface area (Å²) in [6.45, 7) is -0.0292. The molecule has 0 fully saturated rings. The smallest absolute Gasteiger partial charge is 0.115 e. The highest BCUT2D eigenvalue weighted by Gasteiger charge is 2.06. The van der Waals surface area contributed by atoms with Gasteiger partial charge in [0.15, 0.2) is 0 Å². The molecule has 2 N–H and O–H groups in total. The van der Waals surface area contributed by atoms with E-state index in [0.717, 1.165) is 11.1 Å². The minimum absolute atomic E-state index is 0.0292. The maximum Gasteiger partial charge on any atom is 0.115 e. The van der Waals surface area contributed by atoms with Crippen LogP contribution < -0.4 is 0 Å². The van der Waals surface area contributed by atoms with Crippen LogP contribution in [0.1, 0.15) is 17.2 Å². The normalized spacial score (nSPS) is 12.7. The minimum Gasteiger partial charge on any atom is -0.508 e. The van der Waals surface area contributed by atoms with Crippen molar-refractivity contribution >= 4 is 6.21 Å². The summed E-state index contributed by atoms with van der Waals surface area (Å²) in [5.74, 6) is 0.230. The monoisotopic (exact) mass is 241 g/mol. The van der Waals surface area contributed by atoms with E-state index in [0.29, 0.717) is 0 Å². The molecule has 0 radical (unpaired) electrons. The third-order valence-electron chi connectivity index (χ3n) is 2.65. The number of aliphatic imine (C=N–C) groups is 1. The van der Waals surface area contributed by atoms with Crippen molar-refractivity contribution in [2.24, 2.45) is 4.99 Å². The first kappa shape index (κ1) is 12.3. The van der Waals surface area contributed by atoms with Gasteiger partial charge in [-0.3, -0.25) is 4.99 Å². The van der Waals surface area contributed by atoms with Gasteiger partial charge in [-0.05, 0) is 35.4 Å². The molecule has 0 aromatic heterocycles. The number of rotatable bonds is 4. The summed E-state index contributed by atoms with van der Waals surface area (Å²) in [6, 6.07) is 16.2. The van der Waals surface area contributed by atoms with Crippen molar-refractivity contribution in [3.8, 4) is 5.75 Å². The topological polar surface area (TPSA) is 52.8 Å². The van der Waals surface area contributed by atoms with E-state index in [4.69, 9.17) is 0 Å². The largest absolute Gasteiger partial charge is 0.508 e. The summed E-state index contributed by atoms with van der Waals surface area (Å²) in [7, 11) is 0. The molecule has 0 amide bonds. The molecule has 2 rings (SSSR count). The Hall–Kier alpha value is -2.13. The molecule has 0 heterocycles. The van der Waals surface area contributed by atoms with Crippen LogP contribution in [0.2, 0.25) is 0 Å². The SMILES string of the molecule is OCC(N=Cc1ccc(O)cc1)c1ccccc1. The Morgan fingerprint density at radius 2 is 1.67 bits per heavy atom. The summed E-state index contributed by atoms with van der Waals surface area (Å²) < 4.78 is 0. The highest BCUT2D eigenvalue weighted by molar-refractivity contribution is 5.79. The van der Waals surface area contributed by atoms with Crippen molar-refractivity contribution in [1.82, 2.24) is 0 Å². The number of phenols is 1. The summed E-state index contributed by atoms with van der Waals surface area (Å²) in [5, 5.41) is 18.5. The Kier molecular flexibility index (Phi) is 4.10. The van der Waals surface area contributed by atoms with Gasteiger partial charge in [-0.15, -0.1) is 0 Å². The molecule has 0 saturated carbocycles. The van der Waals surface area contributed by atoms with E-state index >= 15 is 0 Å². The number of phenolic OH excluding ortho intramolecular Hbond substituents is 1. The molecule has 2 aromatic carbocycles. The minimum atomic E-state index is -0.250. The van der Waals surface area contributed by atoms with E-state index < -0.39 is 0 Å². The quantitative estimate of drug-likeness (QED) is 0.808. The van der Waals surface area contributed by atoms with Gasteiger partial charge in [-0.2, -0.15) is 0 Å². The molecule has 0 aliphatic carbocycles. The Morgan fingerprint density at radius 3 is 2.28 bits per heavy atom. The van der Waals surface area contributed by atoms with E-state index in [1.165, 1.54) is 0 Å². The third-order valence-corrected chi connectivity index (χ3v) is 2.65. The molecular formula is C15H15NO2. The highest BCUT2D eigenvalue weighted by atomic mass is 16.3. The fourth-order valence-corrected chi connectivity index (χ4v) is 1.65. The van der Waals surface area contributed by atoms with Crippen molar-refractivity contribution in [1.29, 1.82) is 0 Å². The number of aromatic hydroxyl groups is 1. The van der Waals surface area contributed by atoms with Gasteiger partial charge in [0.2, 0.25) is 0 Å². The van der Waals surface area contributed by atoms with Crippen LogP contribution in [0.15, 0.2) is 59.6 Å². The van der Waals surface area contributed by atoms with Gasteiger partial charge < -0.3 is 10.2 Å². The van der Waals surface area contributed by atoms with Crippen molar-refractivity contribution < 1.29 is 10.2 Å². The lowest BCUT2D eigenvalue weighted by atomic mass is 10.1. The van der Waals surface area contributed by atoms with Gasteiger partial charge in [-0.25, -0.2) is 0 Å². The number of nitrogens with zero attached hydrogens (tertiary/aromatic N) is 1. The number of aliphatic hydroxyl groups excluding tert-OH is 1. The first-order chi connectivity index (χ1) is 8.79. The zero-order chi connectivity index (χ0) is 12.8.